The molecule has 0 bridgehead atoms. The van der Waals surface area contributed by atoms with Crippen LogP contribution in [-0.2, 0) is 15.6 Å². The van der Waals surface area contributed by atoms with Crippen LogP contribution in [0.1, 0.15) is 36.4 Å². The van der Waals surface area contributed by atoms with Gasteiger partial charge in [-0.2, -0.15) is 0 Å². The van der Waals surface area contributed by atoms with Crippen LogP contribution in [0.15, 0.2) is 16.7 Å². The Morgan fingerprint density at radius 3 is 2.59 bits per heavy atom. The largest absolute Gasteiger partial charge is 0.478 e. The van der Waals surface area contributed by atoms with E-state index in [4.69, 9.17) is 9.52 Å². The highest BCUT2D eigenvalue weighted by Gasteiger charge is 2.17. The maximum absolute atomic E-state index is 11.7. The topological polar surface area (TPSA) is 84.6 Å². The SMILES string of the molecule is CC(C)CCS(=O)(=O)Cc1cc(C(=O)O)co1. The summed E-state index contributed by atoms with van der Waals surface area (Å²) in [5.74, 6) is -0.789. The van der Waals surface area contributed by atoms with Crippen molar-refractivity contribution in [2.45, 2.75) is 26.0 Å². The smallest absolute Gasteiger partial charge is 0.338 e. The van der Waals surface area contributed by atoms with Gasteiger partial charge in [0.1, 0.15) is 17.8 Å². The molecule has 0 aromatic carbocycles. The number of hydrogen-bond acceptors (Lipinski definition) is 4. The molecule has 1 N–H and O–H groups in total. The van der Waals surface area contributed by atoms with E-state index in [1.807, 2.05) is 13.8 Å². The standard InChI is InChI=1S/C11H16O5S/c1-8(2)3-4-17(14,15)7-10-5-9(6-16-10)11(12)13/h5-6,8H,3-4,7H2,1-2H3,(H,12,13). The Labute approximate surface area is 100 Å². The fourth-order valence-electron chi connectivity index (χ4n) is 1.27. The normalized spacial score (nSPS) is 11.9. The summed E-state index contributed by atoms with van der Waals surface area (Å²) in [6.07, 6.45) is 1.64. The lowest BCUT2D eigenvalue weighted by Crippen LogP contribution is -2.10. The van der Waals surface area contributed by atoms with Crippen molar-refractivity contribution in [3.63, 3.8) is 0 Å². The van der Waals surface area contributed by atoms with Crippen molar-refractivity contribution in [2.75, 3.05) is 5.75 Å². The van der Waals surface area contributed by atoms with Crippen LogP contribution in [0, 0.1) is 5.92 Å². The maximum atomic E-state index is 11.7. The number of hydrogen-bond donors (Lipinski definition) is 1. The summed E-state index contributed by atoms with van der Waals surface area (Å²) in [7, 11) is -3.23. The molecule has 5 nitrogen and oxygen atoms in total. The molecule has 0 aliphatic heterocycles. The highest BCUT2D eigenvalue weighted by atomic mass is 32.2. The summed E-state index contributed by atoms with van der Waals surface area (Å²) in [5.41, 5.74) is -0.0286. The Balaban J connectivity index is 2.66. The van der Waals surface area contributed by atoms with Crippen molar-refractivity contribution in [3.8, 4) is 0 Å². The molecular formula is C11H16O5S. The average Bonchev–Trinajstić information content (AvgIpc) is 2.63. The van der Waals surface area contributed by atoms with Crippen molar-refractivity contribution in [1.82, 2.24) is 0 Å². The van der Waals surface area contributed by atoms with Crippen LogP contribution in [0.3, 0.4) is 0 Å². The minimum absolute atomic E-state index is 0.0286. The van der Waals surface area contributed by atoms with Gasteiger partial charge < -0.3 is 9.52 Å². The lowest BCUT2D eigenvalue weighted by atomic mass is 10.2. The lowest BCUT2D eigenvalue weighted by molar-refractivity contribution is 0.0696. The van der Waals surface area contributed by atoms with Crippen LogP contribution < -0.4 is 0 Å². The van der Waals surface area contributed by atoms with Crippen LogP contribution in [0.4, 0.5) is 0 Å². The van der Waals surface area contributed by atoms with E-state index < -0.39 is 15.8 Å². The summed E-state index contributed by atoms with van der Waals surface area (Å²) in [5, 5.41) is 8.66. The van der Waals surface area contributed by atoms with Crippen molar-refractivity contribution < 1.29 is 22.7 Å². The summed E-state index contributed by atoms with van der Waals surface area (Å²) in [6, 6.07) is 1.25. The number of rotatable bonds is 6. The highest BCUT2D eigenvalue weighted by Crippen LogP contribution is 2.13. The first-order chi connectivity index (χ1) is 7.80. The molecule has 0 saturated heterocycles. The summed E-state index contributed by atoms with van der Waals surface area (Å²) >= 11 is 0. The summed E-state index contributed by atoms with van der Waals surface area (Å²) in [4.78, 5) is 10.6. The minimum atomic E-state index is -3.23. The van der Waals surface area contributed by atoms with Gasteiger partial charge in [-0.25, -0.2) is 13.2 Å². The van der Waals surface area contributed by atoms with E-state index in [0.717, 1.165) is 6.26 Å². The fourth-order valence-corrected chi connectivity index (χ4v) is 2.83. The zero-order chi connectivity index (χ0) is 13.1. The predicted molar refractivity (Wildman–Crippen MR) is 62.6 cm³/mol. The predicted octanol–water partition coefficient (Wildman–Crippen LogP) is 1.94. The molecule has 1 aromatic rings. The van der Waals surface area contributed by atoms with Gasteiger partial charge in [-0.3, -0.25) is 0 Å². The van der Waals surface area contributed by atoms with Crippen LogP contribution in [-0.4, -0.2) is 25.2 Å². The number of sulfone groups is 1. The van der Waals surface area contributed by atoms with E-state index in [9.17, 15) is 13.2 Å². The molecule has 0 unspecified atom stereocenters. The molecule has 0 amide bonds. The maximum Gasteiger partial charge on any atom is 0.338 e. The minimum Gasteiger partial charge on any atom is -0.478 e. The zero-order valence-electron chi connectivity index (χ0n) is 9.84. The van der Waals surface area contributed by atoms with E-state index in [1.165, 1.54) is 6.07 Å². The first kappa shape index (κ1) is 13.8. The molecule has 1 rings (SSSR count). The zero-order valence-corrected chi connectivity index (χ0v) is 10.7. The van der Waals surface area contributed by atoms with E-state index in [0.29, 0.717) is 12.3 Å². The van der Waals surface area contributed by atoms with Gasteiger partial charge in [-0.15, -0.1) is 0 Å². The second-order valence-electron chi connectivity index (χ2n) is 4.38. The lowest BCUT2D eigenvalue weighted by Gasteiger charge is -2.04. The number of carbonyl (C=O) groups is 1. The molecule has 6 heteroatoms. The quantitative estimate of drug-likeness (QED) is 0.844. The second kappa shape index (κ2) is 5.35. The third kappa shape index (κ3) is 4.60. The van der Waals surface area contributed by atoms with Gasteiger partial charge in [0.2, 0.25) is 0 Å². The van der Waals surface area contributed by atoms with Crippen molar-refractivity contribution in [1.29, 1.82) is 0 Å². The van der Waals surface area contributed by atoms with Crippen molar-refractivity contribution in [3.05, 3.63) is 23.7 Å². The molecule has 0 atom stereocenters. The van der Waals surface area contributed by atoms with Crippen molar-refractivity contribution >= 4 is 15.8 Å². The van der Waals surface area contributed by atoms with Crippen LogP contribution in [0.5, 0.6) is 0 Å². The Bertz CT molecular complexity index is 484. The summed E-state index contributed by atoms with van der Waals surface area (Å²) < 4.78 is 28.3. The fraction of sp³-hybridized carbons (Fsp3) is 0.545. The molecule has 0 fully saturated rings. The van der Waals surface area contributed by atoms with Crippen LogP contribution in [0.25, 0.3) is 0 Å². The van der Waals surface area contributed by atoms with E-state index in [1.54, 1.807) is 0 Å². The van der Waals surface area contributed by atoms with Crippen LogP contribution in [0.2, 0.25) is 0 Å². The first-order valence-electron chi connectivity index (χ1n) is 5.31. The molecule has 0 aliphatic carbocycles. The van der Waals surface area contributed by atoms with Gasteiger partial charge in [0.25, 0.3) is 0 Å². The Hall–Kier alpha value is -1.30. The van der Waals surface area contributed by atoms with E-state index >= 15 is 0 Å². The van der Waals surface area contributed by atoms with Gasteiger partial charge in [0.05, 0.1) is 11.3 Å². The summed E-state index contributed by atoms with van der Waals surface area (Å²) in [6.45, 7) is 3.90. The Kier molecular flexibility index (Phi) is 4.34. The molecule has 0 aliphatic rings. The van der Waals surface area contributed by atoms with Gasteiger partial charge in [0, 0.05) is 0 Å². The molecule has 0 spiro atoms. The number of carboxylic acids is 1. The molecule has 1 heterocycles. The first-order valence-corrected chi connectivity index (χ1v) is 7.13. The molecule has 0 radical (unpaired) electrons. The molecular weight excluding hydrogens is 244 g/mol. The number of aromatic carboxylic acids is 1. The monoisotopic (exact) mass is 260 g/mol. The Morgan fingerprint density at radius 2 is 2.12 bits per heavy atom. The number of carboxylic acid groups (broad SMARTS) is 1. The second-order valence-corrected chi connectivity index (χ2v) is 6.57. The molecule has 1 aromatic heterocycles. The van der Waals surface area contributed by atoms with E-state index in [-0.39, 0.29) is 22.8 Å². The van der Waals surface area contributed by atoms with Crippen molar-refractivity contribution in [2.24, 2.45) is 5.92 Å². The van der Waals surface area contributed by atoms with Gasteiger partial charge in [-0.05, 0) is 18.4 Å². The van der Waals surface area contributed by atoms with Crippen LogP contribution >= 0.6 is 0 Å². The number of furan rings is 1. The van der Waals surface area contributed by atoms with E-state index in [2.05, 4.69) is 0 Å². The Morgan fingerprint density at radius 1 is 1.47 bits per heavy atom. The van der Waals surface area contributed by atoms with Gasteiger partial charge in [0.15, 0.2) is 9.84 Å². The third-order valence-electron chi connectivity index (χ3n) is 2.27. The van der Waals surface area contributed by atoms with Gasteiger partial charge >= 0.3 is 5.97 Å². The molecule has 17 heavy (non-hydrogen) atoms. The molecule has 0 saturated carbocycles. The molecule has 96 valence electrons. The van der Waals surface area contributed by atoms with Gasteiger partial charge in [-0.1, -0.05) is 13.8 Å². The average molecular weight is 260 g/mol. The highest BCUT2D eigenvalue weighted by molar-refractivity contribution is 7.90. The third-order valence-corrected chi connectivity index (χ3v) is 3.85.